The third-order valence-electron chi connectivity index (χ3n) is 6.70. The standard InChI is InChI=1S/C21H34N2O2/c1-4-16-10-17(5-1)14-25-21-9-3-7-19(12-21)23-15-22-18-6-2-8-20(11-18)24-13-16/h16-21H,1-14H2. The van der Waals surface area contributed by atoms with Gasteiger partial charge in [0.2, 0.25) is 0 Å². The van der Waals surface area contributed by atoms with Crippen LogP contribution in [0.5, 0.6) is 0 Å². The van der Waals surface area contributed by atoms with E-state index in [1.807, 2.05) is 0 Å². The van der Waals surface area contributed by atoms with E-state index in [1.165, 1.54) is 64.2 Å². The van der Waals surface area contributed by atoms with Crippen molar-refractivity contribution in [2.75, 3.05) is 13.2 Å². The Kier molecular flexibility index (Phi) is 6.23. The van der Waals surface area contributed by atoms with E-state index in [0.717, 1.165) is 37.9 Å². The van der Waals surface area contributed by atoms with E-state index < -0.39 is 0 Å². The van der Waals surface area contributed by atoms with Gasteiger partial charge in [0.1, 0.15) is 0 Å². The summed E-state index contributed by atoms with van der Waals surface area (Å²) in [4.78, 5) is 9.29. The Morgan fingerprint density at radius 3 is 1.68 bits per heavy atom. The van der Waals surface area contributed by atoms with Gasteiger partial charge in [-0.25, -0.2) is 9.98 Å². The number of ether oxygens (including phenoxy) is 2. The number of aliphatic imine (C=N–C) groups is 2. The molecule has 0 saturated heterocycles. The zero-order valence-electron chi connectivity index (χ0n) is 15.6. The highest BCUT2D eigenvalue weighted by molar-refractivity contribution is 5.42. The zero-order chi connectivity index (χ0) is 16.9. The minimum atomic E-state index is 0.366. The van der Waals surface area contributed by atoms with Crippen molar-refractivity contribution in [2.24, 2.45) is 21.8 Å². The Labute approximate surface area is 152 Å². The first kappa shape index (κ1) is 17.7. The highest BCUT2D eigenvalue weighted by Gasteiger charge is 2.28. The monoisotopic (exact) mass is 346 g/mol. The van der Waals surface area contributed by atoms with Crippen LogP contribution in [0.25, 0.3) is 0 Å². The molecule has 1 heterocycles. The quantitative estimate of drug-likeness (QED) is 0.641. The maximum absolute atomic E-state index is 6.31. The molecule has 0 N–H and O–H groups in total. The van der Waals surface area contributed by atoms with Gasteiger partial charge < -0.3 is 9.47 Å². The van der Waals surface area contributed by atoms with Crippen LogP contribution in [0.2, 0.25) is 0 Å². The molecule has 6 bridgehead atoms. The lowest BCUT2D eigenvalue weighted by atomic mass is 9.82. The van der Waals surface area contributed by atoms with Crippen LogP contribution in [0, 0.1) is 11.8 Å². The maximum Gasteiger partial charge on any atom is 0.0898 e. The number of hydrogen-bond donors (Lipinski definition) is 0. The largest absolute Gasteiger partial charge is 0.378 e. The van der Waals surface area contributed by atoms with Gasteiger partial charge in [-0.2, -0.15) is 0 Å². The average molecular weight is 347 g/mol. The molecule has 25 heavy (non-hydrogen) atoms. The van der Waals surface area contributed by atoms with Gasteiger partial charge in [0, 0.05) is 13.2 Å². The molecule has 0 radical (unpaired) electrons. The van der Waals surface area contributed by atoms with Crippen molar-refractivity contribution in [2.45, 2.75) is 101 Å². The molecular weight excluding hydrogens is 312 g/mol. The first-order valence-electron chi connectivity index (χ1n) is 10.7. The Bertz CT molecular complexity index is 450. The summed E-state index contributed by atoms with van der Waals surface area (Å²) in [5.74, 6) is 1.47. The van der Waals surface area contributed by atoms with E-state index in [2.05, 4.69) is 16.0 Å². The van der Waals surface area contributed by atoms with Crippen molar-refractivity contribution >= 4 is 6.01 Å². The molecule has 140 valence electrons. The summed E-state index contributed by atoms with van der Waals surface area (Å²) in [5.41, 5.74) is 0. The zero-order valence-corrected chi connectivity index (χ0v) is 15.6. The second-order valence-electron chi connectivity index (χ2n) is 8.81. The van der Waals surface area contributed by atoms with E-state index in [9.17, 15) is 0 Å². The molecule has 4 aliphatic rings. The molecule has 6 unspecified atom stereocenters. The highest BCUT2D eigenvalue weighted by Crippen LogP contribution is 2.32. The van der Waals surface area contributed by atoms with Gasteiger partial charge in [-0.15, -0.1) is 0 Å². The van der Waals surface area contributed by atoms with Crippen molar-refractivity contribution in [1.82, 2.24) is 0 Å². The lowest BCUT2D eigenvalue weighted by molar-refractivity contribution is -0.0290. The molecule has 6 atom stereocenters. The molecule has 4 rings (SSSR count). The lowest BCUT2D eigenvalue weighted by Crippen LogP contribution is -2.31. The molecule has 4 heteroatoms. The van der Waals surface area contributed by atoms with Gasteiger partial charge in [-0.1, -0.05) is 6.42 Å². The minimum Gasteiger partial charge on any atom is -0.378 e. The molecule has 3 aliphatic carbocycles. The van der Waals surface area contributed by atoms with Crippen molar-refractivity contribution in [1.29, 1.82) is 0 Å². The van der Waals surface area contributed by atoms with Gasteiger partial charge in [-0.3, -0.25) is 0 Å². The fourth-order valence-electron chi connectivity index (χ4n) is 5.22. The van der Waals surface area contributed by atoms with Gasteiger partial charge in [-0.05, 0) is 82.5 Å². The Balaban J connectivity index is 1.45. The summed E-state index contributed by atoms with van der Waals surface area (Å²) in [7, 11) is 0. The molecule has 0 aromatic heterocycles. The van der Waals surface area contributed by atoms with Crippen molar-refractivity contribution in [3.8, 4) is 0 Å². The third kappa shape index (κ3) is 5.15. The Morgan fingerprint density at radius 1 is 0.600 bits per heavy atom. The molecule has 3 fully saturated rings. The normalized spacial score (nSPS) is 42.9. The minimum absolute atomic E-state index is 0.366. The summed E-state index contributed by atoms with van der Waals surface area (Å²) in [5, 5.41) is 0. The van der Waals surface area contributed by atoms with Crippen LogP contribution in [0.4, 0.5) is 0 Å². The van der Waals surface area contributed by atoms with E-state index in [1.54, 1.807) is 0 Å². The smallest absolute Gasteiger partial charge is 0.0898 e. The SMILES string of the molecule is C1=NC2CCCC(C2)OCC2CCCC(COC3CCCC(C3)N=1)C2. The van der Waals surface area contributed by atoms with E-state index >= 15 is 0 Å². The van der Waals surface area contributed by atoms with Crippen molar-refractivity contribution < 1.29 is 9.47 Å². The summed E-state index contributed by atoms with van der Waals surface area (Å²) < 4.78 is 12.6. The number of fused-ring (bicyclic) bond motifs is 6. The molecule has 0 aromatic carbocycles. The summed E-state index contributed by atoms with van der Waals surface area (Å²) in [6, 6.07) is 3.79. The van der Waals surface area contributed by atoms with Crippen molar-refractivity contribution in [3.63, 3.8) is 0 Å². The fourth-order valence-corrected chi connectivity index (χ4v) is 5.22. The number of rotatable bonds is 0. The Hall–Kier alpha value is -0.700. The Morgan fingerprint density at radius 2 is 1.12 bits per heavy atom. The van der Waals surface area contributed by atoms with Gasteiger partial charge in [0.25, 0.3) is 0 Å². The third-order valence-corrected chi connectivity index (χ3v) is 6.70. The average Bonchev–Trinajstić information content (AvgIpc) is 2.65. The summed E-state index contributed by atoms with van der Waals surface area (Å²) in [6.45, 7) is 1.88. The molecule has 4 nitrogen and oxygen atoms in total. The number of nitrogens with zero attached hydrogens (tertiary/aromatic N) is 2. The van der Waals surface area contributed by atoms with Gasteiger partial charge in [0.05, 0.1) is 30.3 Å². The summed E-state index contributed by atoms with van der Waals surface area (Å²) in [6.07, 6.45) is 15.4. The van der Waals surface area contributed by atoms with E-state index in [0.29, 0.717) is 24.3 Å². The van der Waals surface area contributed by atoms with Crippen LogP contribution < -0.4 is 0 Å². The molecule has 0 aromatic rings. The number of hydrogen-bond acceptors (Lipinski definition) is 4. The van der Waals surface area contributed by atoms with Crippen LogP contribution in [-0.2, 0) is 9.47 Å². The van der Waals surface area contributed by atoms with Gasteiger partial charge >= 0.3 is 0 Å². The predicted octanol–water partition coefficient (Wildman–Crippen LogP) is 4.64. The highest BCUT2D eigenvalue weighted by atomic mass is 16.5. The van der Waals surface area contributed by atoms with Crippen LogP contribution >= 0.6 is 0 Å². The molecule has 0 amide bonds. The lowest BCUT2D eigenvalue weighted by Gasteiger charge is -2.33. The molecule has 1 aliphatic heterocycles. The van der Waals surface area contributed by atoms with Crippen LogP contribution in [0.3, 0.4) is 0 Å². The predicted molar refractivity (Wildman–Crippen MR) is 99.3 cm³/mol. The second kappa shape index (κ2) is 8.79. The molecular formula is C21H34N2O2. The first-order valence-corrected chi connectivity index (χ1v) is 10.7. The maximum atomic E-state index is 6.31. The van der Waals surface area contributed by atoms with E-state index in [-0.39, 0.29) is 0 Å². The van der Waals surface area contributed by atoms with E-state index in [4.69, 9.17) is 9.47 Å². The van der Waals surface area contributed by atoms with Crippen LogP contribution in [-0.4, -0.2) is 43.5 Å². The van der Waals surface area contributed by atoms with Crippen LogP contribution in [0.15, 0.2) is 9.98 Å². The second-order valence-corrected chi connectivity index (χ2v) is 8.81. The topological polar surface area (TPSA) is 43.2 Å². The van der Waals surface area contributed by atoms with Gasteiger partial charge in [0.15, 0.2) is 0 Å². The van der Waals surface area contributed by atoms with Crippen molar-refractivity contribution in [3.05, 3.63) is 0 Å². The molecule has 3 saturated carbocycles. The van der Waals surface area contributed by atoms with Crippen LogP contribution in [0.1, 0.15) is 77.0 Å². The fraction of sp³-hybridized carbons (Fsp3) is 0.952. The molecule has 0 spiro atoms. The summed E-state index contributed by atoms with van der Waals surface area (Å²) >= 11 is 0. The first-order chi connectivity index (χ1) is 12.3.